The Morgan fingerprint density at radius 1 is 1.14 bits per heavy atom. The summed E-state index contributed by atoms with van der Waals surface area (Å²) in [4.78, 5) is 13.3. The highest BCUT2D eigenvalue weighted by Gasteiger charge is 2.13. The SMILES string of the molecule is CC(C)CCN(CCC(C)C)c1ccc(C(=O)O)cc1N. The number of hydrogen-bond donors (Lipinski definition) is 2. The fraction of sp³-hybridized carbons (Fsp3) is 0.588. The molecule has 21 heavy (non-hydrogen) atoms. The average molecular weight is 292 g/mol. The number of nitrogens with zero attached hydrogens (tertiary/aromatic N) is 1. The molecule has 0 amide bonds. The molecule has 1 aromatic carbocycles. The van der Waals surface area contributed by atoms with Gasteiger partial charge in [-0.3, -0.25) is 0 Å². The molecule has 0 unspecified atom stereocenters. The van der Waals surface area contributed by atoms with Crippen molar-refractivity contribution < 1.29 is 9.90 Å². The second kappa shape index (κ2) is 7.91. The largest absolute Gasteiger partial charge is 0.478 e. The predicted molar refractivity (Wildman–Crippen MR) is 88.9 cm³/mol. The first kappa shape index (κ1) is 17.3. The topological polar surface area (TPSA) is 66.6 Å². The van der Waals surface area contributed by atoms with Gasteiger partial charge in [-0.1, -0.05) is 27.7 Å². The normalized spacial score (nSPS) is 11.1. The maximum atomic E-state index is 11.0. The lowest BCUT2D eigenvalue weighted by molar-refractivity contribution is 0.0697. The van der Waals surface area contributed by atoms with Crippen molar-refractivity contribution in [3.05, 3.63) is 23.8 Å². The smallest absolute Gasteiger partial charge is 0.335 e. The van der Waals surface area contributed by atoms with Gasteiger partial charge in [-0.25, -0.2) is 4.79 Å². The zero-order valence-electron chi connectivity index (χ0n) is 13.6. The van der Waals surface area contributed by atoms with Crippen LogP contribution < -0.4 is 10.6 Å². The van der Waals surface area contributed by atoms with E-state index in [2.05, 4.69) is 32.6 Å². The Hall–Kier alpha value is -1.71. The van der Waals surface area contributed by atoms with Crippen LogP contribution in [0.2, 0.25) is 0 Å². The van der Waals surface area contributed by atoms with E-state index in [1.807, 2.05) is 6.07 Å². The molecule has 0 bridgehead atoms. The zero-order chi connectivity index (χ0) is 16.0. The quantitative estimate of drug-likeness (QED) is 0.714. The van der Waals surface area contributed by atoms with Crippen molar-refractivity contribution in [3.63, 3.8) is 0 Å². The van der Waals surface area contributed by atoms with E-state index in [1.165, 1.54) is 0 Å². The number of anilines is 2. The van der Waals surface area contributed by atoms with E-state index >= 15 is 0 Å². The van der Waals surface area contributed by atoms with Gasteiger partial charge in [0.15, 0.2) is 0 Å². The summed E-state index contributed by atoms with van der Waals surface area (Å²) in [6.45, 7) is 10.7. The van der Waals surface area contributed by atoms with Gasteiger partial charge in [0.1, 0.15) is 0 Å². The van der Waals surface area contributed by atoms with Crippen LogP contribution in [-0.2, 0) is 0 Å². The van der Waals surface area contributed by atoms with Crippen LogP contribution in [0.25, 0.3) is 0 Å². The van der Waals surface area contributed by atoms with Crippen LogP contribution in [0.5, 0.6) is 0 Å². The summed E-state index contributed by atoms with van der Waals surface area (Å²) in [6.07, 6.45) is 2.19. The number of nitrogen functional groups attached to an aromatic ring is 1. The van der Waals surface area contributed by atoms with Crippen molar-refractivity contribution in [2.75, 3.05) is 23.7 Å². The molecule has 0 fully saturated rings. The molecule has 0 aliphatic rings. The Kier molecular flexibility index (Phi) is 6.53. The molecule has 0 saturated heterocycles. The lowest BCUT2D eigenvalue weighted by Crippen LogP contribution is -2.28. The molecule has 1 aromatic rings. The summed E-state index contributed by atoms with van der Waals surface area (Å²) in [5.41, 5.74) is 7.80. The fourth-order valence-corrected chi connectivity index (χ4v) is 2.16. The summed E-state index contributed by atoms with van der Waals surface area (Å²) < 4.78 is 0. The summed E-state index contributed by atoms with van der Waals surface area (Å²) >= 11 is 0. The molecule has 0 atom stereocenters. The second-order valence-electron chi connectivity index (χ2n) is 6.43. The van der Waals surface area contributed by atoms with E-state index in [0.29, 0.717) is 17.5 Å². The number of carbonyl (C=O) groups is 1. The van der Waals surface area contributed by atoms with Crippen LogP contribution in [-0.4, -0.2) is 24.2 Å². The fourth-order valence-electron chi connectivity index (χ4n) is 2.16. The van der Waals surface area contributed by atoms with Gasteiger partial charge in [-0.05, 0) is 42.9 Å². The van der Waals surface area contributed by atoms with Crippen LogP contribution in [0.3, 0.4) is 0 Å². The molecule has 0 aliphatic carbocycles. The van der Waals surface area contributed by atoms with Crippen molar-refractivity contribution in [2.45, 2.75) is 40.5 Å². The number of aromatic carboxylic acids is 1. The predicted octanol–water partition coefficient (Wildman–Crippen LogP) is 3.87. The molecule has 0 radical (unpaired) electrons. The molecule has 3 N–H and O–H groups in total. The van der Waals surface area contributed by atoms with Crippen LogP contribution in [0.1, 0.15) is 50.9 Å². The van der Waals surface area contributed by atoms with Crippen LogP contribution in [0.4, 0.5) is 11.4 Å². The highest BCUT2D eigenvalue weighted by Crippen LogP contribution is 2.26. The Labute approximate surface area is 128 Å². The number of carboxylic acid groups (broad SMARTS) is 1. The van der Waals surface area contributed by atoms with E-state index in [9.17, 15) is 4.79 Å². The van der Waals surface area contributed by atoms with Crippen molar-refractivity contribution in [1.82, 2.24) is 0 Å². The Morgan fingerprint density at radius 3 is 2.05 bits per heavy atom. The molecule has 0 saturated carbocycles. The van der Waals surface area contributed by atoms with Crippen molar-refractivity contribution in [1.29, 1.82) is 0 Å². The van der Waals surface area contributed by atoms with E-state index < -0.39 is 5.97 Å². The first-order valence-electron chi connectivity index (χ1n) is 7.69. The molecule has 4 heteroatoms. The van der Waals surface area contributed by atoms with Crippen molar-refractivity contribution >= 4 is 17.3 Å². The molecule has 118 valence electrons. The number of carboxylic acids is 1. The lowest BCUT2D eigenvalue weighted by atomic mass is 10.1. The third-order valence-corrected chi connectivity index (χ3v) is 3.57. The molecule has 0 aromatic heterocycles. The zero-order valence-corrected chi connectivity index (χ0v) is 13.6. The van der Waals surface area contributed by atoms with Gasteiger partial charge in [0, 0.05) is 13.1 Å². The first-order valence-corrected chi connectivity index (χ1v) is 7.69. The van der Waals surface area contributed by atoms with Gasteiger partial charge in [-0.2, -0.15) is 0 Å². The summed E-state index contributed by atoms with van der Waals surface area (Å²) in [5.74, 6) is 0.321. The third-order valence-electron chi connectivity index (χ3n) is 3.57. The standard InChI is InChI=1S/C17H28N2O2/c1-12(2)7-9-19(10-8-13(3)4)16-6-5-14(17(20)21)11-15(16)18/h5-6,11-13H,7-10,18H2,1-4H3,(H,20,21). The minimum Gasteiger partial charge on any atom is -0.478 e. The number of benzene rings is 1. The molecule has 0 aliphatic heterocycles. The minimum absolute atomic E-state index is 0.240. The summed E-state index contributed by atoms with van der Waals surface area (Å²) in [7, 11) is 0. The highest BCUT2D eigenvalue weighted by atomic mass is 16.4. The van der Waals surface area contributed by atoms with Gasteiger partial charge in [0.05, 0.1) is 16.9 Å². The van der Waals surface area contributed by atoms with E-state index in [1.54, 1.807) is 12.1 Å². The highest BCUT2D eigenvalue weighted by molar-refractivity contribution is 5.90. The van der Waals surface area contributed by atoms with Crippen molar-refractivity contribution in [2.24, 2.45) is 11.8 Å². The monoisotopic (exact) mass is 292 g/mol. The molecule has 0 heterocycles. The van der Waals surface area contributed by atoms with Gasteiger partial charge in [0.2, 0.25) is 0 Å². The van der Waals surface area contributed by atoms with Crippen LogP contribution >= 0.6 is 0 Å². The summed E-state index contributed by atoms with van der Waals surface area (Å²) in [5, 5.41) is 9.02. The first-order chi connectivity index (χ1) is 9.81. The minimum atomic E-state index is -0.941. The average Bonchev–Trinajstić information content (AvgIpc) is 2.38. The van der Waals surface area contributed by atoms with Crippen LogP contribution in [0, 0.1) is 11.8 Å². The number of hydrogen-bond acceptors (Lipinski definition) is 3. The van der Waals surface area contributed by atoms with E-state index in [0.717, 1.165) is 31.6 Å². The van der Waals surface area contributed by atoms with Gasteiger partial charge in [-0.15, -0.1) is 0 Å². The number of rotatable bonds is 8. The van der Waals surface area contributed by atoms with E-state index in [-0.39, 0.29) is 5.56 Å². The van der Waals surface area contributed by atoms with Gasteiger partial charge in [0.25, 0.3) is 0 Å². The molecular weight excluding hydrogens is 264 g/mol. The van der Waals surface area contributed by atoms with E-state index in [4.69, 9.17) is 10.8 Å². The second-order valence-corrected chi connectivity index (χ2v) is 6.43. The molecule has 0 spiro atoms. The summed E-state index contributed by atoms with van der Waals surface area (Å²) in [6, 6.07) is 5.01. The van der Waals surface area contributed by atoms with Crippen molar-refractivity contribution in [3.8, 4) is 0 Å². The molecule has 4 nitrogen and oxygen atoms in total. The molecular formula is C17H28N2O2. The third kappa shape index (κ3) is 5.66. The Bertz CT molecular complexity index is 458. The maximum Gasteiger partial charge on any atom is 0.335 e. The Morgan fingerprint density at radius 2 is 1.67 bits per heavy atom. The number of nitrogens with two attached hydrogens (primary N) is 1. The molecule has 1 rings (SSSR count). The van der Waals surface area contributed by atoms with Gasteiger partial charge >= 0.3 is 5.97 Å². The maximum absolute atomic E-state index is 11.0. The van der Waals surface area contributed by atoms with Crippen LogP contribution in [0.15, 0.2) is 18.2 Å². The van der Waals surface area contributed by atoms with Gasteiger partial charge < -0.3 is 15.7 Å². The Balaban J connectivity index is 2.92. The lowest BCUT2D eigenvalue weighted by Gasteiger charge is -2.28.